The average molecular weight is 451 g/mol. The number of anilines is 1. The number of nitrogens with one attached hydrogen (secondary N) is 1. The summed E-state index contributed by atoms with van der Waals surface area (Å²) in [7, 11) is 0. The molecular weight excluding hydrogens is 426 g/mol. The quantitative estimate of drug-likeness (QED) is 0.662. The Morgan fingerprint density at radius 2 is 1.88 bits per heavy atom. The number of hydrogen-bond donors (Lipinski definition) is 1. The zero-order chi connectivity index (χ0) is 22.8. The SMILES string of the molecule is O=C(CC[C@H]1NC(=O)N(Cc2ccc3c(c2)OCO3)C1=O)N1CCN(c2ccccn2)CC1. The molecule has 1 atom stereocenters. The van der Waals surface area contributed by atoms with Crippen molar-refractivity contribution in [2.24, 2.45) is 0 Å². The van der Waals surface area contributed by atoms with Crippen molar-refractivity contribution >= 4 is 23.7 Å². The van der Waals surface area contributed by atoms with E-state index in [4.69, 9.17) is 9.47 Å². The summed E-state index contributed by atoms with van der Waals surface area (Å²) in [6, 6.07) is 9.98. The zero-order valence-corrected chi connectivity index (χ0v) is 18.1. The highest BCUT2D eigenvalue weighted by atomic mass is 16.7. The summed E-state index contributed by atoms with van der Waals surface area (Å²) in [6.07, 6.45) is 2.25. The van der Waals surface area contributed by atoms with Crippen molar-refractivity contribution in [1.82, 2.24) is 20.1 Å². The van der Waals surface area contributed by atoms with Gasteiger partial charge in [0.1, 0.15) is 11.9 Å². The van der Waals surface area contributed by atoms with Crippen molar-refractivity contribution < 1.29 is 23.9 Å². The Balaban J connectivity index is 1.11. The Morgan fingerprint density at radius 1 is 1.06 bits per heavy atom. The Labute approximate surface area is 191 Å². The molecule has 2 aromatic rings. The van der Waals surface area contributed by atoms with Crippen LogP contribution in [0.1, 0.15) is 18.4 Å². The second kappa shape index (κ2) is 8.97. The van der Waals surface area contributed by atoms with E-state index in [1.807, 2.05) is 23.1 Å². The average Bonchev–Trinajstić information content (AvgIpc) is 3.42. The van der Waals surface area contributed by atoms with Gasteiger partial charge in [-0.15, -0.1) is 0 Å². The minimum atomic E-state index is -0.690. The van der Waals surface area contributed by atoms with Crippen LogP contribution in [0.5, 0.6) is 11.5 Å². The zero-order valence-electron chi connectivity index (χ0n) is 18.1. The monoisotopic (exact) mass is 451 g/mol. The van der Waals surface area contributed by atoms with E-state index < -0.39 is 12.1 Å². The third-order valence-electron chi connectivity index (χ3n) is 6.14. The summed E-state index contributed by atoms with van der Waals surface area (Å²) < 4.78 is 10.6. The van der Waals surface area contributed by atoms with Gasteiger partial charge in [0.05, 0.1) is 6.54 Å². The molecule has 5 rings (SSSR count). The molecule has 0 aliphatic carbocycles. The van der Waals surface area contributed by atoms with Crippen LogP contribution < -0.4 is 19.7 Å². The predicted octanol–water partition coefficient (Wildman–Crippen LogP) is 1.36. The Morgan fingerprint density at radius 3 is 2.67 bits per heavy atom. The van der Waals surface area contributed by atoms with Gasteiger partial charge in [-0.25, -0.2) is 9.78 Å². The first-order valence-corrected chi connectivity index (χ1v) is 11.0. The van der Waals surface area contributed by atoms with Crippen LogP contribution in [0.25, 0.3) is 0 Å². The highest BCUT2D eigenvalue weighted by Gasteiger charge is 2.38. The number of carbonyl (C=O) groups excluding carboxylic acids is 3. The Bertz CT molecular complexity index is 1050. The Kier molecular flexibility index (Phi) is 5.72. The number of aromatic nitrogens is 1. The van der Waals surface area contributed by atoms with Crippen molar-refractivity contribution in [3.05, 3.63) is 48.2 Å². The molecule has 2 fully saturated rings. The molecule has 4 amide bonds. The molecule has 4 heterocycles. The van der Waals surface area contributed by atoms with E-state index in [1.165, 1.54) is 4.90 Å². The lowest BCUT2D eigenvalue weighted by molar-refractivity contribution is -0.132. The van der Waals surface area contributed by atoms with Gasteiger partial charge in [0.25, 0.3) is 5.91 Å². The lowest BCUT2D eigenvalue weighted by atomic mass is 10.1. The summed E-state index contributed by atoms with van der Waals surface area (Å²) >= 11 is 0. The van der Waals surface area contributed by atoms with Crippen LogP contribution in [0.4, 0.5) is 10.6 Å². The molecule has 10 nitrogen and oxygen atoms in total. The number of amides is 4. The topological polar surface area (TPSA) is 104 Å². The van der Waals surface area contributed by atoms with Crippen LogP contribution in [-0.2, 0) is 16.1 Å². The number of fused-ring (bicyclic) bond motifs is 1. The van der Waals surface area contributed by atoms with Gasteiger partial charge in [0.2, 0.25) is 12.7 Å². The maximum Gasteiger partial charge on any atom is 0.325 e. The van der Waals surface area contributed by atoms with Gasteiger partial charge in [0, 0.05) is 38.8 Å². The molecule has 3 aliphatic heterocycles. The number of nitrogens with zero attached hydrogens (tertiary/aromatic N) is 4. The molecule has 0 spiro atoms. The summed E-state index contributed by atoms with van der Waals surface area (Å²) in [4.78, 5) is 47.4. The smallest absolute Gasteiger partial charge is 0.325 e. The molecule has 0 bridgehead atoms. The van der Waals surface area contributed by atoms with E-state index in [-0.39, 0.29) is 38.0 Å². The first kappa shape index (κ1) is 21.0. The van der Waals surface area contributed by atoms with Crippen molar-refractivity contribution in [2.75, 3.05) is 37.9 Å². The number of hydrogen-bond acceptors (Lipinski definition) is 7. The molecule has 0 unspecified atom stereocenters. The van der Waals surface area contributed by atoms with Gasteiger partial charge in [-0.1, -0.05) is 12.1 Å². The maximum atomic E-state index is 12.8. The summed E-state index contributed by atoms with van der Waals surface area (Å²) in [5.74, 6) is 1.84. The van der Waals surface area contributed by atoms with Gasteiger partial charge in [-0.05, 0) is 36.2 Å². The number of piperazine rings is 1. The molecule has 1 N–H and O–H groups in total. The standard InChI is InChI=1S/C23H25N5O5/c29-21(27-11-9-26(10-12-27)20-3-1-2-8-24-20)7-5-17-22(30)28(23(31)25-17)14-16-4-6-18-19(13-16)33-15-32-18/h1-4,6,8,13,17H,5,7,9-12,14-15H2,(H,25,31)/t17-/m1/s1. The highest BCUT2D eigenvalue weighted by Crippen LogP contribution is 2.33. The molecule has 1 aromatic heterocycles. The van der Waals surface area contributed by atoms with Gasteiger partial charge in [-0.2, -0.15) is 0 Å². The third kappa shape index (κ3) is 4.41. The number of benzene rings is 1. The normalized spacial score (nSPS) is 19.8. The lowest BCUT2D eigenvalue weighted by Crippen LogP contribution is -2.49. The number of carbonyl (C=O) groups is 3. The van der Waals surface area contributed by atoms with Crippen LogP contribution in [-0.4, -0.2) is 71.6 Å². The van der Waals surface area contributed by atoms with E-state index in [0.717, 1.165) is 11.4 Å². The van der Waals surface area contributed by atoms with Crippen molar-refractivity contribution in [3.63, 3.8) is 0 Å². The predicted molar refractivity (Wildman–Crippen MR) is 118 cm³/mol. The van der Waals surface area contributed by atoms with Crippen molar-refractivity contribution in [3.8, 4) is 11.5 Å². The molecule has 1 aromatic carbocycles. The van der Waals surface area contributed by atoms with E-state index >= 15 is 0 Å². The van der Waals surface area contributed by atoms with Gasteiger partial charge in [-0.3, -0.25) is 14.5 Å². The fourth-order valence-electron chi connectivity index (χ4n) is 4.30. The summed E-state index contributed by atoms with van der Waals surface area (Å²) in [6.45, 7) is 2.95. The first-order chi connectivity index (χ1) is 16.1. The van der Waals surface area contributed by atoms with Crippen LogP contribution >= 0.6 is 0 Å². The largest absolute Gasteiger partial charge is 0.454 e. The summed E-state index contributed by atoms with van der Waals surface area (Å²) in [5, 5.41) is 2.71. The van der Waals surface area contributed by atoms with Crippen LogP contribution in [0.15, 0.2) is 42.6 Å². The molecule has 10 heteroatoms. The number of urea groups is 1. The van der Waals surface area contributed by atoms with E-state index in [1.54, 1.807) is 24.4 Å². The minimum absolute atomic E-state index is 0.00746. The molecule has 172 valence electrons. The number of ether oxygens (including phenoxy) is 2. The maximum absolute atomic E-state index is 12.8. The van der Waals surface area contributed by atoms with Crippen LogP contribution in [0.3, 0.4) is 0 Å². The first-order valence-electron chi connectivity index (χ1n) is 11.0. The number of pyridine rings is 1. The fourth-order valence-corrected chi connectivity index (χ4v) is 4.30. The molecule has 0 radical (unpaired) electrons. The number of imide groups is 1. The molecule has 3 aliphatic rings. The van der Waals surface area contributed by atoms with Crippen LogP contribution in [0.2, 0.25) is 0 Å². The van der Waals surface area contributed by atoms with E-state index in [0.29, 0.717) is 37.7 Å². The molecular formula is C23H25N5O5. The number of rotatable bonds is 6. The Hall–Kier alpha value is -3.82. The van der Waals surface area contributed by atoms with Crippen molar-refractivity contribution in [1.29, 1.82) is 0 Å². The summed E-state index contributed by atoms with van der Waals surface area (Å²) in [5.41, 5.74) is 0.769. The van der Waals surface area contributed by atoms with Gasteiger partial charge < -0.3 is 24.6 Å². The molecule has 33 heavy (non-hydrogen) atoms. The minimum Gasteiger partial charge on any atom is -0.454 e. The fraction of sp³-hybridized carbons (Fsp3) is 0.391. The lowest BCUT2D eigenvalue weighted by Gasteiger charge is -2.35. The third-order valence-corrected chi connectivity index (χ3v) is 6.14. The molecule has 0 saturated carbocycles. The van der Waals surface area contributed by atoms with E-state index in [2.05, 4.69) is 15.2 Å². The highest BCUT2D eigenvalue weighted by molar-refractivity contribution is 6.04. The second-order valence-electron chi connectivity index (χ2n) is 8.21. The van der Waals surface area contributed by atoms with Crippen LogP contribution in [0, 0.1) is 0 Å². The second-order valence-corrected chi connectivity index (χ2v) is 8.21. The van der Waals surface area contributed by atoms with Gasteiger partial charge in [0.15, 0.2) is 11.5 Å². The van der Waals surface area contributed by atoms with Crippen molar-refractivity contribution in [2.45, 2.75) is 25.4 Å². The van der Waals surface area contributed by atoms with Gasteiger partial charge >= 0.3 is 6.03 Å². The molecule has 2 saturated heterocycles. The van der Waals surface area contributed by atoms with E-state index in [9.17, 15) is 14.4 Å².